The quantitative estimate of drug-likeness (QED) is 0.657. The van der Waals surface area contributed by atoms with Crippen molar-refractivity contribution in [3.8, 4) is 10.4 Å². The molecule has 1 amide bonds. The molecule has 2 heterocycles. The van der Waals surface area contributed by atoms with Gasteiger partial charge in [-0.1, -0.05) is 30.3 Å². The zero-order valence-corrected chi connectivity index (χ0v) is 15.5. The van der Waals surface area contributed by atoms with Gasteiger partial charge in [-0.3, -0.25) is 0 Å². The maximum atomic E-state index is 12.8. The number of amides is 1. The molecule has 1 aromatic carbocycles. The molecule has 0 spiro atoms. The first-order valence-electron chi connectivity index (χ1n) is 7.47. The Kier molecular flexibility index (Phi) is 4.77. The summed E-state index contributed by atoms with van der Waals surface area (Å²) >= 11 is 1.18. The number of benzene rings is 1. The SMILES string of the molecule is Cc1oc(S(=O)(=O)N(C(=O)O)c2csc(-c3ccccc3)c2)cc1C(=O)O. The fourth-order valence-electron chi connectivity index (χ4n) is 2.42. The van der Waals surface area contributed by atoms with Crippen LogP contribution < -0.4 is 4.31 Å². The number of carbonyl (C=O) groups is 2. The third kappa shape index (κ3) is 3.44. The topological polar surface area (TPSA) is 125 Å². The van der Waals surface area contributed by atoms with Gasteiger partial charge in [-0.15, -0.1) is 11.3 Å². The zero-order chi connectivity index (χ0) is 19.8. The number of nitrogens with zero attached hydrogens (tertiary/aromatic N) is 1. The molecule has 0 saturated heterocycles. The van der Waals surface area contributed by atoms with Crippen molar-refractivity contribution < 1.29 is 32.6 Å². The Bertz CT molecular complexity index is 1110. The number of aromatic carboxylic acids is 1. The Morgan fingerprint density at radius 2 is 1.78 bits per heavy atom. The molecular formula is C17H13NO7S2. The van der Waals surface area contributed by atoms with Crippen molar-refractivity contribution in [2.24, 2.45) is 0 Å². The molecule has 3 rings (SSSR count). The van der Waals surface area contributed by atoms with Crippen molar-refractivity contribution in [3.63, 3.8) is 0 Å². The summed E-state index contributed by atoms with van der Waals surface area (Å²) in [7, 11) is -4.65. The molecule has 0 atom stereocenters. The van der Waals surface area contributed by atoms with E-state index in [-0.39, 0.29) is 21.3 Å². The van der Waals surface area contributed by atoms with E-state index < -0.39 is 27.2 Å². The Hall–Kier alpha value is -3.11. The summed E-state index contributed by atoms with van der Waals surface area (Å²) in [5.41, 5.74) is 0.366. The lowest BCUT2D eigenvalue weighted by Gasteiger charge is -2.15. The molecule has 27 heavy (non-hydrogen) atoms. The van der Waals surface area contributed by atoms with Gasteiger partial charge in [0.2, 0.25) is 5.09 Å². The van der Waals surface area contributed by atoms with Gasteiger partial charge < -0.3 is 14.6 Å². The summed E-state index contributed by atoms with van der Waals surface area (Å²) in [4.78, 5) is 23.5. The fourth-order valence-corrected chi connectivity index (χ4v) is 4.64. The minimum Gasteiger partial charge on any atom is -0.478 e. The maximum absolute atomic E-state index is 12.8. The summed E-state index contributed by atoms with van der Waals surface area (Å²) in [5.74, 6) is -1.51. The lowest BCUT2D eigenvalue weighted by molar-refractivity contribution is 0.0695. The van der Waals surface area contributed by atoms with Gasteiger partial charge in [0.1, 0.15) is 11.3 Å². The van der Waals surface area contributed by atoms with Crippen molar-refractivity contribution in [2.45, 2.75) is 12.0 Å². The molecule has 0 unspecified atom stereocenters. The molecule has 3 aromatic rings. The highest BCUT2D eigenvalue weighted by molar-refractivity contribution is 7.93. The average Bonchev–Trinajstić information content (AvgIpc) is 3.22. The van der Waals surface area contributed by atoms with Gasteiger partial charge in [0, 0.05) is 16.3 Å². The third-order valence-corrected chi connectivity index (χ3v) is 6.20. The molecule has 8 nitrogen and oxygen atoms in total. The van der Waals surface area contributed by atoms with Gasteiger partial charge in [-0.2, -0.15) is 12.7 Å². The standard InChI is InChI=1S/C17H13NO7S2/c1-10-13(16(19)20)8-15(25-10)27(23,24)18(17(21)22)12-7-14(26-9-12)11-5-3-2-4-6-11/h2-9H,1H3,(H,19,20)(H,21,22). The average molecular weight is 407 g/mol. The lowest BCUT2D eigenvalue weighted by Crippen LogP contribution is -2.35. The molecule has 0 aliphatic carbocycles. The molecule has 0 aliphatic heterocycles. The highest BCUT2D eigenvalue weighted by Crippen LogP contribution is 2.35. The van der Waals surface area contributed by atoms with E-state index >= 15 is 0 Å². The monoisotopic (exact) mass is 407 g/mol. The van der Waals surface area contributed by atoms with Gasteiger partial charge >= 0.3 is 22.1 Å². The maximum Gasteiger partial charge on any atom is 0.426 e. The number of carboxylic acid groups (broad SMARTS) is 2. The van der Waals surface area contributed by atoms with Gasteiger partial charge in [0.25, 0.3) is 0 Å². The molecule has 0 aliphatic rings. The second-order valence-corrected chi connectivity index (χ2v) is 8.06. The third-order valence-electron chi connectivity index (χ3n) is 3.67. The van der Waals surface area contributed by atoms with Crippen LogP contribution in [0.25, 0.3) is 10.4 Å². The van der Waals surface area contributed by atoms with Crippen molar-refractivity contribution in [3.05, 3.63) is 59.2 Å². The summed E-state index contributed by atoms with van der Waals surface area (Å²) < 4.78 is 30.7. The van der Waals surface area contributed by atoms with Crippen LogP contribution in [0, 0.1) is 6.92 Å². The van der Waals surface area contributed by atoms with Crippen molar-refractivity contribution in [1.82, 2.24) is 0 Å². The van der Waals surface area contributed by atoms with Crippen LogP contribution in [0.15, 0.2) is 57.4 Å². The number of carboxylic acids is 1. The number of sulfonamides is 1. The molecule has 0 bridgehead atoms. The van der Waals surface area contributed by atoms with Crippen LogP contribution in [0.3, 0.4) is 0 Å². The van der Waals surface area contributed by atoms with E-state index in [0.29, 0.717) is 4.88 Å². The minimum absolute atomic E-state index is 0.0859. The van der Waals surface area contributed by atoms with E-state index in [1.54, 1.807) is 12.1 Å². The normalized spacial score (nSPS) is 11.3. The largest absolute Gasteiger partial charge is 0.478 e. The highest BCUT2D eigenvalue weighted by atomic mass is 32.2. The van der Waals surface area contributed by atoms with E-state index in [9.17, 15) is 23.1 Å². The first-order valence-corrected chi connectivity index (χ1v) is 9.79. The zero-order valence-electron chi connectivity index (χ0n) is 13.8. The molecule has 0 radical (unpaired) electrons. The van der Waals surface area contributed by atoms with Crippen LogP contribution in [-0.2, 0) is 10.0 Å². The first kappa shape index (κ1) is 18.7. The second-order valence-electron chi connectivity index (χ2n) is 5.43. The summed E-state index contributed by atoms with van der Waals surface area (Å²) in [6.07, 6.45) is -1.74. The minimum atomic E-state index is -4.65. The smallest absolute Gasteiger partial charge is 0.426 e. The molecule has 0 saturated carbocycles. The Morgan fingerprint density at radius 3 is 2.33 bits per heavy atom. The van der Waals surface area contributed by atoms with Crippen LogP contribution in [0.1, 0.15) is 16.1 Å². The number of aryl methyl sites for hydroxylation is 1. The fraction of sp³-hybridized carbons (Fsp3) is 0.0588. The Labute approximate surface area is 158 Å². The molecule has 140 valence electrons. The molecule has 0 fully saturated rings. The van der Waals surface area contributed by atoms with Crippen LogP contribution in [0.4, 0.5) is 10.5 Å². The van der Waals surface area contributed by atoms with E-state index in [1.807, 2.05) is 18.2 Å². The number of furan rings is 1. The predicted octanol–water partition coefficient (Wildman–Crippen LogP) is 3.89. The van der Waals surface area contributed by atoms with Crippen molar-refractivity contribution in [1.29, 1.82) is 0 Å². The number of thiophene rings is 1. The van der Waals surface area contributed by atoms with Crippen LogP contribution in [0.5, 0.6) is 0 Å². The first-order chi connectivity index (χ1) is 12.7. The summed E-state index contributed by atoms with van der Waals surface area (Å²) in [5, 5.41) is 19.2. The Morgan fingerprint density at radius 1 is 1.11 bits per heavy atom. The van der Waals surface area contributed by atoms with Gasteiger partial charge in [0.15, 0.2) is 0 Å². The van der Waals surface area contributed by atoms with Gasteiger partial charge in [0.05, 0.1) is 5.69 Å². The number of rotatable bonds is 5. The number of hydrogen-bond acceptors (Lipinski definition) is 6. The van der Waals surface area contributed by atoms with Crippen molar-refractivity contribution in [2.75, 3.05) is 4.31 Å². The van der Waals surface area contributed by atoms with E-state index in [2.05, 4.69) is 0 Å². The van der Waals surface area contributed by atoms with E-state index in [1.165, 1.54) is 29.7 Å². The highest BCUT2D eigenvalue weighted by Gasteiger charge is 2.35. The van der Waals surface area contributed by atoms with Crippen LogP contribution in [-0.4, -0.2) is 30.7 Å². The molecule has 2 N–H and O–H groups in total. The van der Waals surface area contributed by atoms with Crippen LogP contribution >= 0.6 is 11.3 Å². The predicted molar refractivity (Wildman–Crippen MR) is 97.8 cm³/mol. The molecule has 10 heteroatoms. The second kappa shape index (κ2) is 6.89. The number of anilines is 1. The van der Waals surface area contributed by atoms with Gasteiger partial charge in [-0.25, -0.2) is 9.59 Å². The molecule has 2 aromatic heterocycles. The van der Waals surface area contributed by atoms with E-state index in [0.717, 1.165) is 11.6 Å². The number of hydrogen-bond donors (Lipinski definition) is 2. The van der Waals surface area contributed by atoms with Crippen molar-refractivity contribution >= 4 is 39.1 Å². The van der Waals surface area contributed by atoms with E-state index in [4.69, 9.17) is 9.52 Å². The summed E-state index contributed by atoms with van der Waals surface area (Å²) in [6.45, 7) is 1.28. The van der Waals surface area contributed by atoms with Gasteiger partial charge in [-0.05, 0) is 18.6 Å². The van der Waals surface area contributed by atoms with Crippen LogP contribution in [0.2, 0.25) is 0 Å². The Balaban J connectivity index is 2.06. The summed E-state index contributed by atoms with van der Waals surface area (Å²) in [6, 6.07) is 11.3. The molecular weight excluding hydrogens is 394 g/mol. The lowest BCUT2D eigenvalue weighted by atomic mass is 10.2.